The minimum absolute atomic E-state index is 0.333. The van der Waals surface area contributed by atoms with Gasteiger partial charge in [0.1, 0.15) is 0 Å². The van der Waals surface area contributed by atoms with Gasteiger partial charge in [0.2, 0.25) is 0 Å². The van der Waals surface area contributed by atoms with Crippen molar-refractivity contribution in [3.05, 3.63) is 0 Å². The molecule has 4 atom stereocenters. The Labute approximate surface area is 77.7 Å². The molecule has 74 valence electrons. The first-order chi connectivity index (χ1) is 5.50. The van der Waals surface area contributed by atoms with Crippen LogP contribution in [0.2, 0.25) is 0 Å². The fraction of sp³-hybridized carbons (Fsp3) is 1.00. The molecular formula is C11H25N. The number of hydrogen-bond donors (Lipinski definition) is 1. The van der Waals surface area contributed by atoms with Crippen LogP contribution in [0, 0.1) is 17.8 Å². The summed E-state index contributed by atoms with van der Waals surface area (Å²) >= 11 is 0. The van der Waals surface area contributed by atoms with E-state index < -0.39 is 0 Å². The zero-order chi connectivity index (χ0) is 9.72. The van der Waals surface area contributed by atoms with Crippen LogP contribution < -0.4 is 5.73 Å². The fourth-order valence-electron chi connectivity index (χ4n) is 1.72. The molecule has 0 rings (SSSR count). The van der Waals surface area contributed by atoms with E-state index in [0.29, 0.717) is 12.0 Å². The van der Waals surface area contributed by atoms with Crippen molar-refractivity contribution in [2.75, 3.05) is 0 Å². The van der Waals surface area contributed by atoms with Crippen LogP contribution in [-0.2, 0) is 0 Å². The standard InChI is InChI=1S/C11H25N/c1-6-7-8(2)9(3)10(4)11(5)12/h8-11H,6-7,12H2,1-5H3. The molecule has 0 heterocycles. The van der Waals surface area contributed by atoms with Crippen LogP contribution in [0.3, 0.4) is 0 Å². The Morgan fingerprint density at radius 2 is 1.50 bits per heavy atom. The van der Waals surface area contributed by atoms with Gasteiger partial charge in [0.05, 0.1) is 0 Å². The lowest BCUT2D eigenvalue weighted by Gasteiger charge is -2.28. The molecule has 12 heavy (non-hydrogen) atoms. The number of nitrogens with two attached hydrogens (primary N) is 1. The van der Waals surface area contributed by atoms with Gasteiger partial charge in [-0.1, -0.05) is 40.5 Å². The van der Waals surface area contributed by atoms with Crippen LogP contribution in [0.5, 0.6) is 0 Å². The van der Waals surface area contributed by atoms with E-state index in [1.165, 1.54) is 12.8 Å². The predicted molar refractivity (Wildman–Crippen MR) is 56.0 cm³/mol. The highest BCUT2D eigenvalue weighted by atomic mass is 14.6. The van der Waals surface area contributed by atoms with Gasteiger partial charge in [0.25, 0.3) is 0 Å². The molecule has 1 heteroatoms. The smallest absolute Gasteiger partial charge is 0.00387 e. The van der Waals surface area contributed by atoms with Crippen LogP contribution in [0.25, 0.3) is 0 Å². The average Bonchev–Trinajstić information content (AvgIpc) is 2.02. The molecular weight excluding hydrogens is 146 g/mol. The molecule has 0 aromatic carbocycles. The van der Waals surface area contributed by atoms with Gasteiger partial charge in [-0.05, 0) is 24.7 Å². The lowest BCUT2D eigenvalue weighted by atomic mass is 9.80. The second kappa shape index (κ2) is 5.58. The van der Waals surface area contributed by atoms with Crippen molar-refractivity contribution in [2.45, 2.75) is 53.5 Å². The molecule has 0 aromatic heterocycles. The summed E-state index contributed by atoms with van der Waals surface area (Å²) in [4.78, 5) is 0. The summed E-state index contributed by atoms with van der Waals surface area (Å²) in [5.41, 5.74) is 5.87. The number of hydrogen-bond acceptors (Lipinski definition) is 1. The molecule has 0 aliphatic carbocycles. The Morgan fingerprint density at radius 3 is 1.83 bits per heavy atom. The molecule has 2 N–H and O–H groups in total. The molecule has 1 nitrogen and oxygen atoms in total. The Hall–Kier alpha value is -0.0400. The van der Waals surface area contributed by atoms with Crippen LogP contribution in [0.4, 0.5) is 0 Å². The van der Waals surface area contributed by atoms with Gasteiger partial charge in [-0.3, -0.25) is 0 Å². The van der Waals surface area contributed by atoms with Gasteiger partial charge in [-0.2, -0.15) is 0 Å². The molecule has 0 aliphatic rings. The van der Waals surface area contributed by atoms with Gasteiger partial charge in [0, 0.05) is 6.04 Å². The monoisotopic (exact) mass is 171 g/mol. The highest BCUT2D eigenvalue weighted by Crippen LogP contribution is 2.25. The lowest BCUT2D eigenvalue weighted by Crippen LogP contribution is -2.31. The van der Waals surface area contributed by atoms with Gasteiger partial charge in [0.15, 0.2) is 0 Å². The topological polar surface area (TPSA) is 26.0 Å². The summed E-state index contributed by atoms with van der Waals surface area (Å²) in [7, 11) is 0. The number of rotatable bonds is 5. The van der Waals surface area contributed by atoms with E-state index in [1.807, 2.05) is 0 Å². The van der Waals surface area contributed by atoms with Crippen LogP contribution in [0.1, 0.15) is 47.5 Å². The Morgan fingerprint density at radius 1 is 1.00 bits per heavy atom. The van der Waals surface area contributed by atoms with E-state index >= 15 is 0 Å². The van der Waals surface area contributed by atoms with E-state index in [9.17, 15) is 0 Å². The third kappa shape index (κ3) is 3.57. The first kappa shape index (κ1) is 12.0. The minimum atomic E-state index is 0.333. The molecule has 0 saturated heterocycles. The molecule has 0 amide bonds. The van der Waals surface area contributed by atoms with E-state index in [2.05, 4.69) is 34.6 Å². The molecule has 0 saturated carbocycles. The second-order valence-corrected chi connectivity index (χ2v) is 4.34. The van der Waals surface area contributed by atoms with E-state index in [4.69, 9.17) is 5.73 Å². The summed E-state index contributed by atoms with van der Waals surface area (Å²) in [6.45, 7) is 11.3. The zero-order valence-electron chi connectivity index (χ0n) is 9.30. The Kier molecular flexibility index (Phi) is 5.56. The summed E-state index contributed by atoms with van der Waals surface area (Å²) < 4.78 is 0. The van der Waals surface area contributed by atoms with Crippen molar-refractivity contribution < 1.29 is 0 Å². The maximum atomic E-state index is 5.87. The van der Waals surface area contributed by atoms with Crippen molar-refractivity contribution in [2.24, 2.45) is 23.5 Å². The molecule has 0 spiro atoms. The van der Waals surface area contributed by atoms with E-state index in [1.54, 1.807) is 0 Å². The van der Waals surface area contributed by atoms with E-state index in [0.717, 1.165) is 11.8 Å². The summed E-state index contributed by atoms with van der Waals surface area (Å²) in [5.74, 6) is 2.22. The fourth-order valence-corrected chi connectivity index (χ4v) is 1.72. The second-order valence-electron chi connectivity index (χ2n) is 4.34. The van der Waals surface area contributed by atoms with Crippen molar-refractivity contribution in [1.29, 1.82) is 0 Å². The van der Waals surface area contributed by atoms with E-state index in [-0.39, 0.29) is 0 Å². The largest absolute Gasteiger partial charge is 0.328 e. The lowest BCUT2D eigenvalue weighted by molar-refractivity contribution is 0.239. The Balaban J connectivity index is 3.90. The van der Waals surface area contributed by atoms with Gasteiger partial charge >= 0.3 is 0 Å². The molecule has 4 unspecified atom stereocenters. The summed E-state index contributed by atoms with van der Waals surface area (Å²) in [6, 6.07) is 0.333. The molecule has 0 aliphatic heterocycles. The average molecular weight is 171 g/mol. The first-order valence-corrected chi connectivity index (χ1v) is 5.26. The predicted octanol–water partition coefficient (Wildman–Crippen LogP) is 3.04. The highest BCUT2D eigenvalue weighted by molar-refractivity contribution is 4.73. The maximum Gasteiger partial charge on any atom is 0.00387 e. The minimum Gasteiger partial charge on any atom is -0.328 e. The van der Waals surface area contributed by atoms with Crippen LogP contribution in [0.15, 0.2) is 0 Å². The molecule has 0 fully saturated rings. The SMILES string of the molecule is CCCC(C)C(C)C(C)C(C)N. The van der Waals surface area contributed by atoms with Crippen LogP contribution in [-0.4, -0.2) is 6.04 Å². The summed E-state index contributed by atoms with van der Waals surface area (Å²) in [6.07, 6.45) is 2.62. The normalized spacial score (nSPS) is 21.5. The van der Waals surface area contributed by atoms with Crippen molar-refractivity contribution >= 4 is 0 Å². The van der Waals surface area contributed by atoms with Gasteiger partial charge < -0.3 is 5.73 Å². The quantitative estimate of drug-likeness (QED) is 0.676. The van der Waals surface area contributed by atoms with Gasteiger partial charge in [-0.25, -0.2) is 0 Å². The van der Waals surface area contributed by atoms with Crippen molar-refractivity contribution in [3.63, 3.8) is 0 Å². The molecule has 0 bridgehead atoms. The highest BCUT2D eigenvalue weighted by Gasteiger charge is 2.20. The van der Waals surface area contributed by atoms with Gasteiger partial charge in [-0.15, -0.1) is 0 Å². The van der Waals surface area contributed by atoms with Crippen LogP contribution >= 0.6 is 0 Å². The van der Waals surface area contributed by atoms with Crippen molar-refractivity contribution in [1.82, 2.24) is 0 Å². The maximum absolute atomic E-state index is 5.87. The zero-order valence-corrected chi connectivity index (χ0v) is 9.30. The molecule has 0 aromatic rings. The third-order valence-electron chi connectivity index (χ3n) is 3.30. The van der Waals surface area contributed by atoms with Crippen molar-refractivity contribution in [3.8, 4) is 0 Å². The first-order valence-electron chi connectivity index (χ1n) is 5.26. The third-order valence-corrected chi connectivity index (χ3v) is 3.30. The molecule has 0 radical (unpaired) electrons. The Bertz CT molecular complexity index is 110. The summed E-state index contributed by atoms with van der Waals surface area (Å²) in [5, 5.41) is 0.